The number of ether oxygens (including phenoxy) is 1. The van der Waals surface area contributed by atoms with Gasteiger partial charge in [-0.2, -0.15) is 5.10 Å². The number of nitrogens with zero attached hydrogens (tertiary/aromatic N) is 3. The smallest absolute Gasteiger partial charge is 0.216 e. The lowest BCUT2D eigenvalue weighted by atomic mass is 9.96. The van der Waals surface area contributed by atoms with Gasteiger partial charge >= 0.3 is 0 Å². The van der Waals surface area contributed by atoms with Crippen LogP contribution in [0.15, 0.2) is 27.8 Å². The highest BCUT2D eigenvalue weighted by Gasteiger charge is 2.17. The molecule has 1 aliphatic rings. The lowest BCUT2D eigenvalue weighted by Crippen LogP contribution is -2.44. The van der Waals surface area contributed by atoms with Crippen molar-refractivity contribution in [3.8, 4) is 5.88 Å². The number of nitrogens with one attached hydrogen (secondary N) is 2. The van der Waals surface area contributed by atoms with Gasteiger partial charge in [-0.15, -0.1) is 0 Å². The van der Waals surface area contributed by atoms with Crippen LogP contribution in [0.4, 0.5) is 0 Å². The second-order valence-electron chi connectivity index (χ2n) is 7.31. The zero-order valence-electron chi connectivity index (χ0n) is 17.3. The molecule has 0 spiro atoms. The first-order valence-electron chi connectivity index (χ1n) is 10.4. The number of guanidine groups is 1. The topological polar surface area (TPSA) is 76.6 Å². The largest absolute Gasteiger partial charge is 0.481 e. The van der Waals surface area contributed by atoms with Crippen molar-refractivity contribution in [3.63, 3.8) is 0 Å². The van der Waals surface area contributed by atoms with Crippen molar-refractivity contribution in [1.29, 1.82) is 0 Å². The van der Waals surface area contributed by atoms with Crippen LogP contribution in [0.3, 0.4) is 0 Å². The molecule has 0 amide bonds. The van der Waals surface area contributed by atoms with Crippen molar-refractivity contribution < 1.29 is 9.15 Å². The Kier molecular flexibility index (Phi) is 7.39. The minimum absolute atomic E-state index is 0.491. The number of rotatable bonds is 8. The lowest BCUT2D eigenvalue weighted by Gasteiger charge is -2.25. The average Bonchev–Trinajstić information content (AvgIpc) is 3.33. The summed E-state index contributed by atoms with van der Waals surface area (Å²) < 4.78 is 12.8. The van der Waals surface area contributed by atoms with Crippen LogP contribution >= 0.6 is 0 Å². The SMILES string of the molecule is CCc1nn(C)c(OC)c1CN=C(NCCc1ccco1)NC1CCCCC1. The van der Waals surface area contributed by atoms with Gasteiger partial charge in [0.15, 0.2) is 5.96 Å². The predicted octanol–water partition coefficient (Wildman–Crippen LogP) is 3.19. The van der Waals surface area contributed by atoms with E-state index in [2.05, 4.69) is 22.7 Å². The third kappa shape index (κ3) is 5.30. The van der Waals surface area contributed by atoms with E-state index in [1.807, 2.05) is 19.2 Å². The Morgan fingerprint density at radius 3 is 2.86 bits per heavy atom. The summed E-state index contributed by atoms with van der Waals surface area (Å²) in [6, 6.07) is 4.41. The Bertz CT molecular complexity index is 745. The number of methoxy groups -OCH3 is 1. The van der Waals surface area contributed by atoms with E-state index >= 15 is 0 Å². The molecule has 0 atom stereocenters. The first kappa shape index (κ1) is 20.3. The Morgan fingerprint density at radius 1 is 1.36 bits per heavy atom. The van der Waals surface area contributed by atoms with Crippen molar-refractivity contribution in [2.45, 2.75) is 64.5 Å². The van der Waals surface area contributed by atoms with Crippen LogP contribution < -0.4 is 15.4 Å². The fourth-order valence-corrected chi connectivity index (χ4v) is 3.81. The summed E-state index contributed by atoms with van der Waals surface area (Å²) in [7, 11) is 3.60. The summed E-state index contributed by atoms with van der Waals surface area (Å²) in [5.74, 6) is 2.62. The van der Waals surface area contributed by atoms with Crippen LogP contribution in [0.2, 0.25) is 0 Å². The van der Waals surface area contributed by atoms with Gasteiger partial charge in [-0.05, 0) is 31.4 Å². The van der Waals surface area contributed by atoms with E-state index in [1.165, 1.54) is 32.1 Å². The molecule has 2 aromatic rings. The van der Waals surface area contributed by atoms with Gasteiger partial charge in [-0.25, -0.2) is 9.67 Å². The van der Waals surface area contributed by atoms with Gasteiger partial charge in [-0.3, -0.25) is 0 Å². The molecule has 2 N–H and O–H groups in total. The van der Waals surface area contributed by atoms with Crippen LogP contribution in [-0.2, 0) is 26.4 Å². The van der Waals surface area contributed by atoms with Crippen molar-refractivity contribution >= 4 is 5.96 Å². The highest BCUT2D eigenvalue weighted by Crippen LogP contribution is 2.23. The number of furan rings is 1. The Labute approximate surface area is 167 Å². The molecule has 154 valence electrons. The van der Waals surface area contributed by atoms with E-state index in [4.69, 9.17) is 14.1 Å². The molecule has 28 heavy (non-hydrogen) atoms. The lowest BCUT2D eigenvalue weighted by molar-refractivity contribution is 0.369. The molecule has 0 unspecified atom stereocenters. The highest BCUT2D eigenvalue weighted by atomic mass is 16.5. The molecular formula is C21H33N5O2. The molecule has 0 saturated heterocycles. The normalized spacial score (nSPS) is 15.6. The second-order valence-corrected chi connectivity index (χ2v) is 7.31. The van der Waals surface area contributed by atoms with E-state index in [0.29, 0.717) is 12.6 Å². The second kappa shape index (κ2) is 10.2. The van der Waals surface area contributed by atoms with Gasteiger partial charge in [0.05, 0.1) is 31.2 Å². The number of aliphatic imine (C=N–C) groups is 1. The van der Waals surface area contributed by atoms with Gasteiger partial charge in [0.1, 0.15) is 5.76 Å². The summed E-state index contributed by atoms with van der Waals surface area (Å²) in [6.45, 7) is 3.43. The molecule has 3 rings (SSSR count). The standard InChI is InChI=1S/C21H33N5O2/c1-4-19-18(20(27-3)26(2)25-19)15-23-21(24-16-9-6-5-7-10-16)22-13-12-17-11-8-14-28-17/h8,11,14,16H,4-7,9-10,12-13,15H2,1-3H3,(H2,22,23,24). The molecule has 2 aromatic heterocycles. The van der Waals surface area contributed by atoms with E-state index < -0.39 is 0 Å². The summed E-state index contributed by atoms with van der Waals surface area (Å²) >= 11 is 0. The molecule has 2 heterocycles. The van der Waals surface area contributed by atoms with Gasteiger partial charge in [0.2, 0.25) is 5.88 Å². The molecule has 0 aromatic carbocycles. The molecule has 0 radical (unpaired) electrons. The maximum Gasteiger partial charge on any atom is 0.216 e. The molecular weight excluding hydrogens is 354 g/mol. The van der Waals surface area contributed by atoms with Gasteiger partial charge in [-0.1, -0.05) is 26.2 Å². The summed E-state index contributed by atoms with van der Waals surface area (Å²) in [5.41, 5.74) is 2.10. The Morgan fingerprint density at radius 2 is 2.18 bits per heavy atom. The van der Waals surface area contributed by atoms with Gasteiger partial charge in [0, 0.05) is 26.1 Å². The van der Waals surface area contributed by atoms with Crippen molar-refractivity contribution in [2.24, 2.45) is 12.0 Å². The number of aryl methyl sites for hydroxylation is 2. The third-order valence-electron chi connectivity index (χ3n) is 5.28. The number of hydrogen-bond acceptors (Lipinski definition) is 4. The molecule has 0 bridgehead atoms. The van der Waals surface area contributed by atoms with Crippen LogP contribution in [0.1, 0.15) is 56.0 Å². The van der Waals surface area contributed by atoms with Gasteiger partial charge < -0.3 is 19.8 Å². The minimum Gasteiger partial charge on any atom is -0.481 e. The van der Waals surface area contributed by atoms with E-state index in [1.54, 1.807) is 18.1 Å². The fourth-order valence-electron chi connectivity index (χ4n) is 3.81. The fraction of sp³-hybridized carbons (Fsp3) is 0.619. The first-order valence-corrected chi connectivity index (χ1v) is 10.4. The van der Waals surface area contributed by atoms with Crippen molar-refractivity contribution in [2.75, 3.05) is 13.7 Å². The predicted molar refractivity (Wildman–Crippen MR) is 111 cm³/mol. The van der Waals surface area contributed by atoms with E-state index in [0.717, 1.165) is 48.2 Å². The van der Waals surface area contributed by atoms with Crippen molar-refractivity contribution in [3.05, 3.63) is 35.4 Å². The highest BCUT2D eigenvalue weighted by molar-refractivity contribution is 5.80. The quantitative estimate of drug-likeness (QED) is 0.537. The molecule has 7 heteroatoms. The maximum atomic E-state index is 5.55. The number of hydrogen-bond donors (Lipinski definition) is 2. The van der Waals surface area contributed by atoms with Crippen LogP contribution in [0.5, 0.6) is 5.88 Å². The molecule has 0 aliphatic heterocycles. The zero-order chi connectivity index (χ0) is 19.8. The average molecular weight is 388 g/mol. The minimum atomic E-state index is 0.491. The van der Waals surface area contributed by atoms with Gasteiger partial charge in [0.25, 0.3) is 0 Å². The monoisotopic (exact) mass is 387 g/mol. The summed E-state index contributed by atoms with van der Waals surface area (Å²) in [5, 5.41) is 11.7. The Hall–Kier alpha value is -2.44. The first-order chi connectivity index (χ1) is 13.7. The molecule has 1 fully saturated rings. The van der Waals surface area contributed by atoms with Crippen LogP contribution in [-0.4, -0.2) is 35.4 Å². The molecule has 1 saturated carbocycles. The molecule has 7 nitrogen and oxygen atoms in total. The van der Waals surface area contributed by atoms with Crippen LogP contribution in [0.25, 0.3) is 0 Å². The summed E-state index contributed by atoms with van der Waals surface area (Å²) in [6.07, 6.45) is 9.72. The van der Waals surface area contributed by atoms with E-state index in [9.17, 15) is 0 Å². The van der Waals surface area contributed by atoms with E-state index in [-0.39, 0.29) is 0 Å². The Balaban J connectivity index is 1.69. The maximum absolute atomic E-state index is 5.55. The zero-order valence-corrected chi connectivity index (χ0v) is 17.3. The summed E-state index contributed by atoms with van der Waals surface area (Å²) in [4.78, 5) is 4.87. The van der Waals surface area contributed by atoms with Crippen LogP contribution in [0, 0.1) is 0 Å². The third-order valence-corrected chi connectivity index (χ3v) is 5.28. The van der Waals surface area contributed by atoms with Crippen molar-refractivity contribution in [1.82, 2.24) is 20.4 Å². The molecule has 1 aliphatic carbocycles. The number of aromatic nitrogens is 2.